The lowest BCUT2D eigenvalue weighted by Crippen LogP contribution is -2.33. The summed E-state index contributed by atoms with van der Waals surface area (Å²) in [4.78, 5) is 11.9. The Kier molecular flexibility index (Phi) is 6.48. The summed E-state index contributed by atoms with van der Waals surface area (Å²) in [6, 6.07) is 14.5. The van der Waals surface area contributed by atoms with Gasteiger partial charge in [0.15, 0.2) is 24.3 Å². The van der Waals surface area contributed by atoms with Gasteiger partial charge in [-0.05, 0) is 48.9 Å². The Morgan fingerprint density at radius 2 is 2.04 bits per heavy atom. The molecular formula is C18H16FN3O3. The molecular weight excluding hydrogens is 325 g/mol. The molecule has 0 bridgehead atoms. The molecule has 1 N–H and O–H groups in total. The van der Waals surface area contributed by atoms with Crippen LogP contribution in [-0.2, 0) is 4.79 Å². The Morgan fingerprint density at radius 1 is 1.32 bits per heavy atom. The highest BCUT2D eigenvalue weighted by atomic mass is 19.1. The van der Waals surface area contributed by atoms with Crippen LogP contribution in [0.25, 0.3) is 0 Å². The van der Waals surface area contributed by atoms with Gasteiger partial charge in [-0.3, -0.25) is 4.79 Å². The largest absolute Gasteiger partial charge is 0.479 e. The number of nitrogens with one attached hydrogen (secondary N) is 1. The van der Waals surface area contributed by atoms with Gasteiger partial charge < -0.3 is 9.47 Å². The average Bonchev–Trinajstić information content (AvgIpc) is 2.62. The van der Waals surface area contributed by atoms with Crippen LogP contribution in [-0.4, -0.2) is 24.8 Å². The lowest BCUT2D eigenvalue weighted by molar-refractivity contribution is -0.127. The second kappa shape index (κ2) is 9.03. The summed E-state index contributed by atoms with van der Waals surface area (Å²) < 4.78 is 23.9. The van der Waals surface area contributed by atoms with Gasteiger partial charge in [0, 0.05) is 0 Å². The number of nitrogens with zero attached hydrogens (tertiary/aromatic N) is 2. The number of hydrogen-bond acceptors (Lipinski definition) is 5. The number of amides is 1. The molecule has 25 heavy (non-hydrogen) atoms. The van der Waals surface area contributed by atoms with Crippen LogP contribution < -0.4 is 14.9 Å². The van der Waals surface area contributed by atoms with E-state index in [2.05, 4.69) is 10.5 Å². The Labute approximate surface area is 144 Å². The van der Waals surface area contributed by atoms with E-state index in [0.717, 1.165) is 5.56 Å². The second-order valence-corrected chi connectivity index (χ2v) is 4.94. The standard InChI is InChI=1S/C18H16FN3O3/c1-13(25-17-5-3-2-4-16(17)19)18(23)22-21-12-14-6-8-15(9-7-14)24-11-10-20/h2-9,12-13H,11H2,1H3,(H,22,23)/b21-12-/t13-/m1/s1. The van der Waals surface area contributed by atoms with Gasteiger partial charge in [0.25, 0.3) is 5.91 Å². The van der Waals surface area contributed by atoms with Crippen LogP contribution in [0.2, 0.25) is 0 Å². The molecule has 0 fully saturated rings. The first kappa shape index (κ1) is 17.9. The van der Waals surface area contributed by atoms with Crippen molar-refractivity contribution in [3.05, 3.63) is 59.9 Å². The number of hydrogen-bond donors (Lipinski definition) is 1. The Bertz CT molecular complexity index is 785. The monoisotopic (exact) mass is 341 g/mol. The summed E-state index contributed by atoms with van der Waals surface area (Å²) in [7, 11) is 0. The first-order valence-electron chi connectivity index (χ1n) is 7.44. The molecule has 1 amide bonds. The predicted molar refractivity (Wildman–Crippen MR) is 89.8 cm³/mol. The van der Waals surface area contributed by atoms with Gasteiger partial charge in [0.05, 0.1) is 6.21 Å². The highest BCUT2D eigenvalue weighted by molar-refractivity contribution is 5.84. The molecule has 0 aliphatic heterocycles. The number of rotatable bonds is 7. The minimum absolute atomic E-state index is 0.00193. The molecule has 6 nitrogen and oxygen atoms in total. The van der Waals surface area contributed by atoms with E-state index in [1.54, 1.807) is 30.3 Å². The molecule has 128 valence electrons. The van der Waals surface area contributed by atoms with Crippen LogP contribution in [0.5, 0.6) is 11.5 Å². The van der Waals surface area contributed by atoms with E-state index in [0.29, 0.717) is 5.75 Å². The molecule has 0 saturated heterocycles. The highest BCUT2D eigenvalue weighted by Crippen LogP contribution is 2.17. The number of benzene rings is 2. The van der Waals surface area contributed by atoms with Crippen LogP contribution in [0.1, 0.15) is 12.5 Å². The van der Waals surface area contributed by atoms with Gasteiger partial charge in [-0.1, -0.05) is 12.1 Å². The summed E-state index contributed by atoms with van der Waals surface area (Å²) in [6.45, 7) is 1.47. The summed E-state index contributed by atoms with van der Waals surface area (Å²) in [6.07, 6.45) is 0.540. The zero-order valence-electron chi connectivity index (χ0n) is 13.5. The zero-order valence-corrected chi connectivity index (χ0v) is 13.5. The third-order valence-corrected chi connectivity index (χ3v) is 3.08. The van der Waals surface area contributed by atoms with Gasteiger partial charge in [-0.15, -0.1) is 0 Å². The van der Waals surface area contributed by atoms with Crippen molar-refractivity contribution in [3.63, 3.8) is 0 Å². The molecule has 0 radical (unpaired) electrons. The van der Waals surface area contributed by atoms with Gasteiger partial charge in [-0.25, -0.2) is 9.82 Å². The minimum Gasteiger partial charge on any atom is -0.479 e. The highest BCUT2D eigenvalue weighted by Gasteiger charge is 2.15. The van der Waals surface area contributed by atoms with Crippen molar-refractivity contribution in [1.82, 2.24) is 5.43 Å². The molecule has 1 atom stereocenters. The smallest absolute Gasteiger partial charge is 0.280 e. The third-order valence-electron chi connectivity index (χ3n) is 3.08. The molecule has 0 aliphatic rings. The molecule has 2 rings (SSSR count). The van der Waals surface area contributed by atoms with E-state index in [1.807, 2.05) is 6.07 Å². The molecule has 2 aromatic rings. The van der Waals surface area contributed by atoms with Crippen molar-refractivity contribution >= 4 is 12.1 Å². The maximum Gasteiger partial charge on any atom is 0.280 e. The number of ether oxygens (including phenoxy) is 2. The number of halogens is 1. The summed E-state index contributed by atoms with van der Waals surface area (Å²) in [5.41, 5.74) is 3.06. The fourth-order valence-electron chi connectivity index (χ4n) is 1.81. The molecule has 2 aromatic carbocycles. The Balaban J connectivity index is 1.85. The number of carbonyl (C=O) groups excluding carboxylic acids is 1. The maximum atomic E-state index is 13.5. The van der Waals surface area contributed by atoms with Crippen LogP contribution in [0.15, 0.2) is 53.6 Å². The van der Waals surface area contributed by atoms with Crippen molar-refractivity contribution in [2.45, 2.75) is 13.0 Å². The van der Waals surface area contributed by atoms with Gasteiger partial charge >= 0.3 is 0 Å². The van der Waals surface area contributed by atoms with Crippen LogP contribution in [0, 0.1) is 17.1 Å². The molecule has 7 heteroatoms. The van der Waals surface area contributed by atoms with Crippen molar-refractivity contribution < 1.29 is 18.7 Å². The molecule has 0 unspecified atom stereocenters. The first-order chi connectivity index (χ1) is 12.1. The fourth-order valence-corrected chi connectivity index (χ4v) is 1.81. The van der Waals surface area contributed by atoms with E-state index in [-0.39, 0.29) is 12.4 Å². The molecule has 0 spiro atoms. The van der Waals surface area contributed by atoms with Crippen molar-refractivity contribution in [1.29, 1.82) is 5.26 Å². The lowest BCUT2D eigenvalue weighted by Gasteiger charge is -2.13. The summed E-state index contributed by atoms with van der Waals surface area (Å²) in [5, 5.41) is 12.3. The second-order valence-electron chi connectivity index (χ2n) is 4.94. The molecule has 0 heterocycles. The van der Waals surface area contributed by atoms with Crippen LogP contribution >= 0.6 is 0 Å². The number of para-hydroxylation sites is 1. The van der Waals surface area contributed by atoms with E-state index in [1.165, 1.54) is 31.3 Å². The van der Waals surface area contributed by atoms with E-state index < -0.39 is 17.8 Å². The van der Waals surface area contributed by atoms with Crippen molar-refractivity contribution in [2.24, 2.45) is 5.10 Å². The quantitative estimate of drug-likeness (QED) is 0.620. The third kappa shape index (κ3) is 5.62. The number of nitriles is 1. The molecule has 0 saturated carbocycles. The Hall–Kier alpha value is -3.40. The van der Waals surface area contributed by atoms with Gasteiger partial charge in [0.2, 0.25) is 0 Å². The van der Waals surface area contributed by atoms with Crippen molar-refractivity contribution in [2.75, 3.05) is 6.61 Å². The van der Waals surface area contributed by atoms with Crippen LogP contribution in [0.4, 0.5) is 4.39 Å². The lowest BCUT2D eigenvalue weighted by atomic mass is 10.2. The SMILES string of the molecule is C[C@@H](Oc1ccccc1F)C(=O)N/N=C\c1ccc(OCC#N)cc1. The topological polar surface area (TPSA) is 83.7 Å². The van der Waals surface area contributed by atoms with Gasteiger partial charge in [-0.2, -0.15) is 10.4 Å². The summed E-state index contributed by atoms with van der Waals surface area (Å²) in [5.74, 6) is -0.477. The predicted octanol–water partition coefficient (Wildman–Crippen LogP) is 2.65. The Morgan fingerprint density at radius 3 is 2.72 bits per heavy atom. The van der Waals surface area contributed by atoms with Gasteiger partial charge in [0.1, 0.15) is 11.8 Å². The first-order valence-corrected chi connectivity index (χ1v) is 7.44. The van der Waals surface area contributed by atoms with Crippen LogP contribution in [0.3, 0.4) is 0 Å². The number of carbonyl (C=O) groups is 1. The minimum atomic E-state index is -0.907. The van der Waals surface area contributed by atoms with E-state index in [4.69, 9.17) is 14.7 Å². The molecule has 0 aliphatic carbocycles. The average molecular weight is 341 g/mol. The van der Waals surface area contributed by atoms with Crippen molar-refractivity contribution in [3.8, 4) is 17.6 Å². The zero-order chi connectivity index (χ0) is 18.1. The fraction of sp³-hybridized carbons (Fsp3) is 0.167. The normalized spacial score (nSPS) is 11.6. The van der Waals surface area contributed by atoms with E-state index in [9.17, 15) is 9.18 Å². The van der Waals surface area contributed by atoms with E-state index >= 15 is 0 Å². The number of hydrazone groups is 1. The summed E-state index contributed by atoms with van der Waals surface area (Å²) >= 11 is 0. The molecule has 0 aromatic heterocycles. The maximum absolute atomic E-state index is 13.5.